The number of hydrogen-bond acceptors (Lipinski definition) is 4. The molecule has 1 aromatic heterocycles. The van der Waals surface area contributed by atoms with E-state index >= 15 is 0 Å². The largest absolute Gasteiger partial charge is 0.241 e. The fraction of sp³-hybridized carbons (Fsp3) is 0.444. The van der Waals surface area contributed by atoms with Crippen LogP contribution in [-0.2, 0) is 10.0 Å². The van der Waals surface area contributed by atoms with Gasteiger partial charge in [0.05, 0.1) is 22.9 Å². The van der Waals surface area contributed by atoms with Crippen LogP contribution in [0.2, 0.25) is 0 Å². The molecule has 3 rings (SSSR count). The molecule has 2 aromatic rings. The van der Waals surface area contributed by atoms with Gasteiger partial charge in [0.2, 0.25) is 10.0 Å². The molecule has 0 bridgehead atoms. The number of nitriles is 1. The highest BCUT2D eigenvalue weighted by Crippen LogP contribution is 2.38. The molecule has 132 valence electrons. The molecule has 0 saturated heterocycles. The fourth-order valence-electron chi connectivity index (χ4n) is 3.44. The molecule has 0 unspecified atom stereocenters. The molecule has 1 heterocycles. The van der Waals surface area contributed by atoms with E-state index in [1.807, 2.05) is 43.5 Å². The predicted molar refractivity (Wildman–Crippen MR) is 95.4 cm³/mol. The summed E-state index contributed by atoms with van der Waals surface area (Å²) in [5.74, 6) is -0.125. The van der Waals surface area contributed by atoms with Gasteiger partial charge in [-0.1, -0.05) is 25.0 Å². The van der Waals surface area contributed by atoms with E-state index in [4.69, 9.17) is 0 Å². The van der Waals surface area contributed by atoms with Crippen LogP contribution in [0.5, 0.6) is 0 Å². The molecule has 1 atom stereocenters. The smallest absolute Gasteiger partial charge is 0.213 e. The van der Waals surface area contributed by atoms with E-state index in [1.165, 1.54) is 0 Å². The van der Waals surface area contributed by atoms with Crippen molar-refractivity contribution < 1.29 is 8.42 Å². The molecule has 7 heteroatoms. The maximum absolute atomic E-state index is 12.6. The Morgan fingerprint density at radius 2 is 2.12 bits per heavy atom. The number of nitrogens with zero attached hydrogens (tertiary/aromatic N) is 3. The summed E-state index contributed by atoms with van der Waals surface area (Å²) in [5.41, 5.74) is 0.995. The second-order valence-electron chi connectivity index (χ2n) is 6.74. The molecule has 0 spiro atoms. The number of nitrogens with one attached hydrogen (secondary N) is 1. The summed E-state index contributed by atoms with van der Waals surface area (Å²) in [6.07, 6.45) is 6.70. The van der Waals surface area contributed by atoms with Crippen molar-refractivity contribution >= 4 is 10.0 Å². The molecular weight excluding hydrogens is 336 g/mol. The molecule has 1 aliphatic rings. The first kappa shape index (κ1) is 17.6. The lowest BCUT2D eigenvalue weighted by Crippen LogP contribution is -2.36. The van der Waals surface area contributed by atoms with Crippen LogP contribution in [0.25, 0.3) is 5.69 Å². The second kappa shape index (κ2) is 6.98. The van der Waals surface area contributed by atoms with Crippen molar-refractivity contribution in [3.05, 3.63) is 48.3 Å². The van der Waals surface area contributed by atoms with Gasteiger partial charge in [0, 0.05) is 18.4 Å². The molecule has 1 saturated carbocycles. The summed E-state index contributed by atoms with van der Waals surface area (Å²) in [7, 11) is -3.54. The van der Waals surface area contributed by atoms with E-state index in [2.05, 4.69) is 15.9 Å². The molecule has 6 nitrogen and oxygen atoms in total. The van der Waals surface area contributed by atoms with Gasteiger partial charge in [-0.25, -0.2) is 17.8 Å². The average Bonchev–Trinajstić information content (AvgIpc) is 3.26. The van der Waals surface area contributed by atoms with Crippen LogP contribution < -0.4 is 4.72 Å². The van der Waals surface area contributed by atoms with E-state index in [1.54, 1.807) is 10.9 Å². The molecule has 0 aliphatic heterocycles. The third-order valence-electron chi connectivity index (χ3n) is 4.76. The van der Waals surface area contributed by atoms with E-state index in [9.17, 15) is 13.7 Å². The average molecular weight is 358 g/mol. The van der Waals surface area contributed by atoms with Crippen LogP contribution in [0.4, 0.5) is 0 Å². The Morgan fingerprint density at radius 3 is 2.76 bits per heavy atom. The van der Waals surface area contributed by atoms with Crippen LogP contribution in [0.1, 0.15) is 44.2 Å². The number of sulfonamides is 1. The Bertz CT molecular complexity index is 863. The minimum absolute atomic E-state index is 0.125. The number of rotatable bonds is 6. The first-order valence-electron chi connectivity index (χ1n) is 8.44. The maximum atomic E-state index is 12.6. The Kier molecular flexibility index (Phi) is 4.93. The summed E-state index contributed by atoms with van der Waals surface area (Å²) in [6.45, 7) is 1.81. The zero-order chi connectivity index (χ0) is 17.9. The minimum atomic E-state index is -3.54. The second-order valence-corrected chi connectivity index (χ2v) is 8.50. The lowest BCUT2D eigenvalue weighted by atomic mass is 9.91. The van der Waals surface area contributed by atoms with Gasteiger partial charge in [-0.05, 0) is 43.5 Å². The van der Waals surface area contributed by atoms with E-state index in [0.29, 0.717) is 12.8 Å². The Hall–Kier alpha value is -2.17. The van der Waals surface area contributed by atoms with Crippen molar-refractivity contribution in [2.75, 3.05) is 5.75 Å². The minimum Gasteiger partial charge on any atom is -0.241 e. The van der Waals surface area contributed by atoms with Gasteiger partial charge in [0.25, 0.3) is 0 Å². The standard InChI is InChI=1S/C18H22N4O2S/c1-15(16-6-4-7-17(12-16)22-11-5-10-20-22)21-25(23,24)14-18(13-19)8-2-3-9-18/h4-7,10-12,15,21H,2-3,8-9,14H2,1H3/t15-/m1/s1. The SMILES string of the molecule is C[C@@H](NS(=O)(=O)CC1(C#N)CCCC1)c1cccc(-n2cccn2)c1. The van der Waals surface area contributed by atoms with Crippen molar-refractivity contribution in [2.24, 2.45) is 5.41 Å². The van der Waals surface area contributed by atoms with Gasteiger partial charge in [-0.3, -0.25) is 0 Å². The fourth-order valence-corrected chi connectivity index (χ4v) is 5.28. The molecule has 0 amide bonds. The molecular formula is C18H22N4O2S. The van der Waals surface area contributed by atoms with Crippen molar-refractivity contribution in [2.45, 2.75) is 38.6 Å². The third kappa shape index (κ3) is 4.09. The Balaban J connectivity index is 1.74. The number of benzene rings is 1. The maximum Gasteiger partial charge on any atom is 0.213 e. The highest BCUT2D eigenvalue weighted by molar-refractivity contribution is 7.89. The van der Waals surface area contributed by atoms with E-state index < -0.39 is 15.4 Å². The molecule has 1 N–H and O–H groups in total. The van der Waals surface area contributed by atoms with Gasteiger partial charge in [0.15, 0.2) is 0 Å². The summed E-state index contributed by atoms with van der Waals surface area (Å²) in [5, 5.41) is 13.6. The van der Waals surface area contributed by atoms with Crippen LogP contribution in [0.3, 0.4) is 0 Å². The van der Waals surface area contributed by atoms with Gasteiger partial charge in [0.1, 0.15) is 0 Å². The van der Waals surface area contributed by atoms with Crippen molar-refractivity contribution in [1.82, 2.24) is 14.5 Å². The number of aromatic nitrogens is 2. The topological polar surface area (TPSA) is 87.8 Å². The highest BCUT2D eigenvalue weighted by Gasteiger charge is 2.38. The lowest BCUT2D eigenvalue weighted by Gasteiger charge is -2.22. The van der Waals surface area contributed by atoms with Gasteiger partial charge in [-0.2, -0.15) is 10.4 Å². The van der Waals surface area contributed by atoms with Crippen LogP contribution in [0, 0.1) is 16.7 Å². The molecule has 0 radical (unpaired) electrons. The van der Waals surface area contributed by atoms with Crippen LogP contribution >= 0.6 is 0 Å². The van der Waals surface area contributed by atoms with Crippen LogP contribution in [0.15, 0.2) is 42.7 Å². The lowest BCUT2D eigenvalue weighted by molar-refractivity contribution is 0.449. The Labute approximate surface area is 148 Å². The van der Waals surface area contributed by atoms with Crippen molar-refractivity contribution in [3.63, 3.8) is 0 Å². The monoisotopic (exact) mass is 358 g/mol. The first-order valence-corrected chi connectivity index (χ1v) is 10.1. The van der Waals surface area contributed by atoms with Gasteiger partial charge in [-0.15, -0.1) is 0 Å². The summed E-state index contributed by atoms with van der Waals surface area (Å²) in [4.78, 5) is 0. The predicted octanol–water partition coefficient (Wildman–Crippen LogP) is 2.94. The third-order valence-corrected chi connectivity index (χ3v) is 6.40. The molecule has 1 aromatic carbocycles. The molecule has 25 heavy (non-hydrogen) atoms. The van der Waals surface area contributed by atoms with Gasteiger partial charge < -0.3 is 0 Å². The molecule has 1 fully saturated rings. The highest BCUT2D eigenvalue weighted by atomic mass is 32.2. The quantitative estimate of drug-likeness (QED) is 0.860. The van der Waals surface area contributed by atoms with Crippen molar-refractivity contribution in [1.29, 1.82) is 5.26 Å². The van der Waals surface area contributed by atoms with Crippen LogP contribution in [-0.4, -0.2) is 24.0 Å². The first-order chi connectivity index (χ1) is 11.9. The van der Waals surface area contributed by atoms with E-state index in [0.717, 1.165) is 24.1 Å². The molecule has 1 aliphatic carbocycles. The normalized spacial score (nSPS) is 17.9. The zero-order valence-electron chi connectivity index (χ0n) is 14.2. The summed E-state index contributed by atoms with van der Waals surface area (Å²) >= 11 is 0. The number of hydrogen-bond donors (Lipinski definition) is 1. The Morgan fingerprint density at radius 1 is 1.36 bits per heavy atom. The summed E-state index contributed by atoms with van der Waals surface area (Å²) < 4.78 is 29.6. The summed E-state index contributed by atoms with van der Waals surface area (Å²) in [6, 6.07) is 11.3. The van der Waals surface area contributed by atoms with Gasteiger partial charge >= 0.3 is 0 Å². The van der Waals surface area contributed by atoms with Crippen molar-refractivity contribution in [3.8, 4) is 11.8 Å². The zero-order valence-corrected chi connectivity index (χ0v) is 15.0. The van der Waals surface area contributed by atoms with E-state index in [-0.39, 0.29) is 11.8 Å².